The molecule has 4 rings (SSSR count). The number of aliphatic hydroxyl groups excluding tert-OH is 7. The van der Waals surface area contributed by atoms with Crippen molar-refractivity contribution in [2.75, 3.05) is 0 Å². The molecule has 4 saturated carbocycles. The van der Waals surface area contributed by atoms with Gasteiger partial charge in [0.1, 0.15) is 11.2 Å². The van der Waals surface area contributed by atoms with Gasteiger partial charge in [-0.3, -0.25) is 0 Å². The molecule has 0 spiro atoms. The summed E-state index contributed by atoms with van der Waals surface area (Å²) in [6.07, 6.45) is -9.61. The van der Waals surface area contributed by atoms with Gasteiger partial charge >= 0.3 is 0 Å². The van der Waals surface area contributed by atoms with E-state index in [1.54, 1.807) is 0 Å². The van der Waals surface area contributed by atoms with Crippen LogP contribution in [0.1, 0.15) is 58.3 Å². The fourth-order valence-electron chi connectivity index (χ4n) is 8.15. The molecular formula is C24H42O11. The summed E-state index contributed by atoms with van der Waals surface area (Å²) < 4.78 is 0. The van der Waals surface area contributed by atoms with E-state index in [0.29, 0.717) is 32.1 Å². The molecule has 11 heteroatoms. The zero-order valence-electron chi connectivity index (χ0n) is 20.0. The highest BCUT2D eigenvalue weighted by molar-refractivity contribution is 5.26. The summed E-state index contributed by atoms with van der Waals surface area (Å²) in [7, 11) is 0. The van der Waals surface area contributed by atoms with Crippen LogP contribution in [0, 0.1) is 29.6 Å². The molecule has 0 aromatic heterocycles. The van der Waals surface area contributed by atoms with E-state index in [1.165, 1.54) is 0 Å². The second-order valence-corrected chi connectivity index (χ2v) is 11.8. The predicted octanol–water partition coefficient (Wildman–Crippen LogP) is -3.07. The van der Waals surface area contributed by atoms with Gasteiger partial charge in [0.25, 0.3) is 0 Å². The van der Waals surface area contributed by atoms with E-state index in [4.69, 9.17) is 0 Å². The molecule has 14 unspecified atom stereocenters. The predicted molar refractivity (Wildman–Crippen MR) is 119 cm³/mol. The maximum Gasteiger partial charge on any atom is 0.159 e. The Hall–Kier alpha value is -0.440. The standard InChI is InChI=1S/C24H42O11/c1-2-11(25)5-3-10-4-6-13(26)15-12(10)7-22(33)9-23(34)8-14(27)16(21(31)32)19(29)24(23,35)20(30)17(22)18(15)28/h10-21,25-35H,2-9H2,1H3. The van der Waals surface area contributed by atoms with Crippen molar-refractivity contribution in [2.45, 2.75) is 118 Å². The van der Waals surface area contributed by atoms with Crippen LogP contribution in [0.15, 0.2) is 0 Å². The first-order valence-electron chi connectivity index (χ1n) is 12.8. The lowest BCUT2D eigenvalue weighted by Crippen LogP contribution is -2.83. The highest BCUT2D eigenvalue weighted by Gasteiger charge is 2.76. The van der Waals surface area contributed by atoms with Gasteiger partial charge in [-0.25, -0.2) is 0 Å². The van der Waals surface area contributed by atoms with Crippen molar-refractivity contribution < 1.29 is 56.2 Å². The molecule has 204 valence electrons. The second kappa shape index (κ2) is 9.39. The lowest BCUT2D eigenvalue weighted by molar-refractivity contribution is -0.372. The van der Waals surface area contributed by atoms with Gasteiger partial charge in [-0.05, 0) is 50.4 Å². The van der Waals surface area contributed by atoms with Gasteiger partial charge < -0.3 is 56.2 Å². The number of fused-ring (bicyclic) bond motifs is 3. The number of hydrogen-bond acceptors (Lipinski definition) is 11. The summed E-state index contributed by atoms with van der Waals surface area (Å²) in [5, 5.41) is 119. The molecule has 4 fully saturated rings. The summed E-state index contributed by atoms with van der Waals surface area (Å²) in [6.45, 7) is 1.87. The van der Waals surface area contributed by atoms with Crippen LogP contribution in [-0.4, -0.2) is 116 Å². The second-order valence-electron chi connectivity index (χ2n) is 11.8. The van der Waals surface area contributed by atoms with Crippen molar-refractivity contribution in [2.24, 2.45) is 29.6 Å². The lowest BCUT2D eigenvalue weighted by atomic mass is 9.45. The van der Waals surface area contributed by atoms with Crippen LogP contribution in [0.25, 0.3) is 0 Å². The lowest BCUT2D eigenvalue weighted by Gasteiger charge is -2.67. The summed E-state index contributed by atoms with van der Waals surface area (Å²) in [4.78, 5) is 0. The molecule has 11 N–H and O–H groups in total. The molecule has 14 atom stereocenters. The molecule has 0 saturated heterocycles. The van der Waals surface area contributed by atoms with E-state index in [2.05, 4.69) is 0 Å². The van der Waals surface area contributed by atoms with Crippen molar-refractivity contribution in [3.63, 3.8) is 0 Å². The summed E-state index contributed by atoms with van der Waals surface area (Å²) >= 11 is 0. The summed E-state index contributed by atoms with van der Waals surface area (Å²) in [5.74, 6) is -4.32. The van der Waals surface area contributed by atoms with E-state index in [-0.39, 0.29) is 18.3 Å². The van der Waals surface area contributed by atoms with Crippen molar-refractivity contribution >= 4 is 0 Å². The molecule has 0 aliphatic heterocycles. The normalized spacial score (nSPS) is 55.1. The number of aliphatic hydroxyl groups is 11. The molecule has 4 aliphatic carbocycles. The molecule has 35 heavy (non-hydrogen) atoms. The third-order valence-electron chi connectivity index (χ3n) is 9.98. The first-order valence-corrected chi connectivity index (χ1v) is 12.8. The molecule has 11 nitrogen and oxygen atoms in total. The SMILES string of the molecule is CCC(O)CCC1CCC(O)C2C(O)C3C(O)C4(O)C(O)C(C(O)O)C(O)CC4(O)CC3(O)CC12. The van der Waals surface area contributed by atoms with Crippen molar-refractivity contribution in [3.8, 4) is 0 Å². The minimum absolute atomic E-state index is 0.00294. The van der Waals surface area contributed by atoms with Crippen LogP contribution in [0.3, 0.4) is 0 Å². The number of hydrogen-bond donors (Lipinski definition) is 11. The van der Waals surface area contributed by atoms with E-state index < -0.39 is 90.3 Å². The highest BCUT2D eigenvalue weighted by atomic mass is 16.5. The molecule has 0 amide bonds. The van der Waals surface area contributed by atoms with Crippen LogP contribution < -0.4 is 0 Å². The minimum Gasteiger partial charge on any atom is -0.393 e. The monoisotopic (exact) mass is 506 g/mol. The van der Waals surface area contributed by atoms with Gasteiger partial charge in [-0.2, -0.15) is 0 Å². The first-order chi connectivity index (χ1) is 16.2. The Kier molecular flexibility index (Phi) is 7.40. The van der Waals surface area contributed by atoms with Crippen molar-refractivity contribution in [1.29, 1.82) is 0 Å². The Balaban J connectivity index is 1.70. The van der Waals surface area contributed by atoms with Crippen LogP contribution in [0.4, 0.5) is 0 Å². The average Bonchev–Trinajstić information content (AvgIpc) is 2.74. The summed E-state index contributed by atoms with van der Waals surface area (Å²) in [6, 6.07) is 0. The molecule has 0 radical (unpaired) electrons. The van der Waals surface area contributed by atoms with Crippen LogP contribution in [-0.2, 0) is 0 Å². The van der Waals surface area contributed by atoms with Crippen LogP contribution in [0.5, 0.6) is 0 Å². The van der Waals surface area contributed by atoms with Gasteiger partial charge in [-0.15, -0.1) is 0 Å². The minimum atomic E-state index is -2.78. The topological polar surface area (TPSA) is 223 Å². The Morgan fingerprint density at radius 3 is 2.11 bits per heavy atom. The molecule has 0 aromatic carbocycles. The van der Waals surface area contributed by atoms with Crippen molar-refractivity contribution in [3.05, 3.63) is 0 Å². The van der Waals surface area contributed by atoms with Gasteiger partial charge in [0.15, 0.2) is 6.29 Å². The van der Waals surface area contributed by atoms with Crippen LogP contribution in [0.2, 0.25) is 0 Å². The largest absolute Gasteiger partial charge is 0.393 e. The maximum atomic E-state index is 11.8. The van der Waals surface area contributed by atoms with Gasteiger partial charge in [-0.1, -0.05) is 6.92 Å². The smallest absolute Gasteiger partial charge is 0.159 e. The zero-order valence-corrected chi connectivity index (χ0v) is 20.0. The molecular weight excluding hydrogens is 464 g/mol. The third kappa shape index (κ3) is 4.08. The quantitative estimate of drug-likeness (QED) is 0.168. The van der Waals surface area contributed by atoms with E-state index >= 15 is 0 Å². The highest BCUT2D eigenvalue weighted by Crippen LogP contribution is 2.61. The maximum absolute atomic E-state index is 11.8. The fourth-order valence-corrected chi connectivity index (χ4v) is 8.15. The molecule has 4 aliphatic rings. The molecule has 0 heterocycles. The zero-order chi connectivity index (χ0) is 26.1. The Morgan fingerprint density at radius 1 is 0.857 bits per heavy atom. The number of rotatable bonds is 5. The first kappa shape index (κ1) is 27.6. The van der Waals surface area contributed by atoms with E-state index in [0.717, 1.165) is 0 Å². The molecule has 0 bridgehead atoms. The molecule has 0 aromatic rings. The fraction of sp³-hybridized carbons (Fsp3) is 1.00. The summed E-state index contributed by atoms with van der Waals surface area (Å²) in [5.41, 5.74) is -7.07. The third-order valence-corrected chi connectivity index (χ3v) is 9.98. The Bertz CT molecular complexity index is 768. The van der Waals surface area contributed by atoms with E-state index in [9.17, 15) is 56.2 Å². The van der Waals surface area contributed by atoms with Crippen molar-refractivity contribution in [1.82, 2.24) is 0 Å². The van der Waals surface area contributed by atoms with Gasteiger partial charge in [0, 0.05) is 24.7 Å². The Labute approximate surface area is 204 Å². The Morgan fingerprint density at radius 2 is 1.51 bits per heavy atom. The van der Waals surface area contributed by atoms with E-state index in [1.807, 2.05) is 6.92 Å². The van der Waals surface area contributed by atoms with Crippen LogP contribution >= 0.6 is 0 Å². The van der Waals surface area contributed by atoms with Gasteiger partial charge in [0.2, 0.25) is 0 Å². The average molecular weight is 507 g/mol. The van der Waals surface area contributed by atoms with Gasteiger partial charge in [0.05, 0.1) is 48.1 Å².